The summed E-state index contributed by atoms with van der Waals surface area (Å²) in [7, 11) is 1.88. The maximum atomic E-state index is 12.2. The number of carbonyl (C=O) groups is 1. The van der Waals surface area contributed by atoms with Gasteiger partial charge >= 0.3 is 6.09 Å². The first-order valence-corrected chi connectivity index (χ1v) is 13.0. The van der Waals surface area contributed by atoms with Crippen LogP contribution in [0, 0.1) is 0 Å². The van der Waals surface area contributed by atoms with Crippen LogP contribution in [0.25, 0.3) is 22.2 Å². The second-order valence-corrected chi connectivity index (χ2v) is 11.1. The van der Waals surface area contributed by atoms with E-state index < -0.39 is 5.60 Å². The molecule has 1 fully saturated rings. The fraction of sp³-hybridized carbons (Fsp3) is 0.429. The molecule has 0 spiro atoms. The predicted molar refractivity (Wildman–Crippen MR) is 148 cm³/mol. The van der Waals surface area contributed by atoms with E-state index in [-0.39, 0.29) is 12.2 Å². The molecule has 5 rings (SSSR count). The number of nitrogens with zero attached hydrogens (tertiary/aromatic N) is 7. The number of hydrogen-bond acceptors (Lipinski definition) is 9. The number of rotatable bonds is 7. The summed E-state index contributed by atoms with van der Waals surface area (Å²) in [5, 5.41) is 16.1. The molecular weight excluding hydrogens is 496 g/mol. The lowest BCUT2D eigenvalue weighted by Gasteiger charge is -2.39. The van der Waals surface area contributed by atoms with Gasteiger partial charge in [-0.25, -0.2) is 9.78 Å². The number of nitrogens with one attached hydrogen (secondary N) is 1. The molecule has 1 amide bonds. The van der Waals surface area contributed by atoms with Crippen molar-refractivity contribution in [3.8, 4) is 11.1 Å². The molecule has 0 aliphatic carbocycles. The Balaban J connectivity index is 1.28. The molecule has 1 saturated heterocycles. The number of aryl methyl sites for hydroxylation is 1. The third kappa shape index (κ3) is 6.31. The Labute approximate surface area is 227 Å². The molecule has 1 N–H and O–H groups in total. The van der Waals surface area contributed by atoms with Crippen molar-refractivity contribution in [2.75, 3.05) is 18.4 Å². The first-order chi connectivity index (χ1) is 18.5. The van der Waals surface area contributed by atoms with Crippen molar-refractivity contribution in [2.45, 2.75) is 58.8 Å². The van der Waals surface area contributed by atoms with Crippen LogP contribution in [0.15, 0.2) is 42.9 Å². The van der Waals surface area contributed by atoms with E-state index in [0.29, 0.717) is 37.3 Å². The highest BCUT2D eigenvalue weighted by molar-refractivity contribution is 5.82. The van der Waals surface area contributed by atoms with Gasteiger partial charge < -0.3 is 19.7 Å². The van der Waals surface area contributed by atoms with Crippen molar-refractivity contribution in [2.24, 2.45) is 7.05 Å². The van der Waals surface area contributed by atoms with E-state index in [1.54, 1.807) is 15.8 Å². The van der Waals surface area contributed by atoms with Crippen molar-refractivity contribution >= 4 is 28.8 Å². The van der Waals surface area contributed by atoms with Crippen molar-refractivity contribution in [1.82, 2.24) is 34.8 Å². The maximum absolute atomic E-state index is 12.2. The third-order valence-electron chi connectivity index (χ3n) is 6.31. The highest BCUT2D eigenvalue weighted by atomic mass is 16.6. The van der Waals surface area contributed by atoms with Gasteiger partial charge in [-0.2, -0.15) is 10.2 Å². The number of anilines is 2. The first kappa shape index (κ1) is 26.5. The number of fused-ring (bicyclic) bond motifs is 1. The van der Waals surface area contributed by atoms with Crippen molar-refractivity contribution in [1.29, 1.82) is 0 Å². The van der Waals surface area contributed by atoms with E-state index in [4.69, 9.17) is 14.5 Å². The number of pyridine rings is 2. The lowest BCUT2D eigenvalue weighted by atomic mass is 10.1. The minimum Gasteiger partial charge on any atom is -0.444 e. The van der Waals surface area contributed by atoms with E-state index in [1.807, 2.05) is 64.5 Å². The molecule has 0 atom stereocenters. The number of aromatic nitrogens is 6. The van der Waals surface area contributed by atoms with E-state index in [9.17, 15) is 4.79 Å². The SMILES string of the molecule is CC(C)c1cnnc(Nc2ccc3ncc(-c4cn(C)nc4COC4CN(C(=O)OC(C)(C)C)C4)cc3n2)c1. The summed E-state index contributed by atoms with van der Waals surface area (Å²) < 4.78 is 13.2. The number of hydrogen-bond donors (Lipinski definition) is 1. The minimum absolute atomic E-state index is 0.0605. The van der Waals surface area contributed by atoms with Crippen LogP contribution in [0.1, 0.15) is 51.8 Å². The normalized spacial score (nSPS) is 14.1. The molecule has 0 bridgehead atoms. The lowest BCUT2D eigenvalue weighted by molar-refractivity contribution is -0.0697. The summed E-state index contributed by atoms with van der Waals surface area (Å²) in [5.41, 5.74) is 4.72. The van der Waals surface area contributed by atoms with Crippen LogP contribution in [0.3, 0.4) is 0 Å². The summed E-state index contributed by atoms with van der Waals surface area (Å²) in [4.78, 5) is 23.2. The Morgan fingerprint density at radius 3 is 2.67 bits per heavy atom. The second kappa shape index (κ2) is 10.6. The van der Waals surface area contributed by atoms with E-state index >= 15 is 0 Å². The van der Waals surface area contributed by atoms with Crippen LogP contribution in [0.2, 0.25) is 0 Å². The molecule has 0 aromatic carbocycles. The van der Waals surface area contributed by atoms with Crippen LogP contribution in [0.4, 0.5) is 16.4 Å². The summed E-state index contributed by atoms with van der Waals surface area (Å²) in [6, 6.07) is 7.78. The summed E-state index contributed by atoms with van der Waals surface area (Å²) in [6.45, 7) is 11.1. The standard InChI is InChI=1S/C28H34N8O3/c1-17(2)18-10-26(33-30-12-18)32-25-8-7-22-23(31-25)9-19(11-29-22)21-15-35(6)34-24(21)16-38-20-13-36(14-20)27(37)39-28(3,4)5/h7-12,15,17,20H,13-14,16H2,1-6H3,(H,31,32,33). The summed E-state index contributed by atoms with van der Waals surface area (Å²) >= 11 is 0. The molecular formula is C28H34N8O3. The van der Waals surface area contributed by atoms with Gasteiger partial charge in [0.1, 0.15) is 11.4 Å². The van der Waals surface area contributed by atoms with E-state index in [2.05, 4.69) is 39.4 Å². The Morgan fingerprint density at radius 2 is 1.92 bits per heavy atom. The Bertz CT molecular complexity index is 1490. The van der Waals surface area contributed by atoms with Crippen molar-refractivity contribution < 1.29 is 14.3 Å². The number of carbonyl (C=O) groups excluding carboxylic acids is 1. The van der Waals surface area contributed by atoms with Crippen molar-refractivity contribution in [3.63, 3.8) is 0 Å². The predicted octanol–water partition coefficient (Wildman–Crippen LogP) is 4.82. The van der Waals surface area contributed by atoms with Gasteiger partial charge in [-0.1, -0.05) is 13.8 Å². The largest absolute Gasteiger partial charge is 0.444 e. The zero-order valence-electron chi connectivity index (χ0n) is 23.2. The van der Waals surface area contributed by atoms with Crippen LogP contribution in [-0.4, -0.2) is 65.7 Å². The summed E-state index contributed by atoms with van der Waals surface area (Å²) in [5.74, 6) is 1.65. The quantitative estimate of drug-likeness (QED) is 0.358. The van der Waals surface area contributed by atoms with E-state index in [1.165, 1.54) is 0 Å². The molecule has 1 aliphatic rings. The molecule has 204 valence electrons. The van der Waals surface area contributed by atoms with Crippen LogP contribution < -0.4 is 5.32 Å². The Hall–Kier alpha value is -4.12. The van der Waals surface area contributed by atoms with Crippen LogP contribution in [0.5, 0.6) is 0 Å². The topological polar surface area (TPSA) is 120 Å². The van der Waals surface area contributed by atoms with Gasteiger partial charge in [0.2, 0.25) is 0 Å². The van der Waals surface area contributed by atoms with Gasteiger partial charge in [-0.15, -0.1) is 5.10 Å². The maximum Gasteiger partial charge on any atom is 0.410 e. The average Bonchev–Trinajstić information content (AvgIpc) is 3.22. The van der Waals surface area contributed by atoms with Crippen LogP contribution in [-0.2, 0) is 23.1 Å². The van der Waals surface area contributed by atoms with Gasteiger partial charge in [0.15, 0.2) is 5.82 Å². The molecule has 11 nitrogen and oxygen atoms in total. The summed E-state index contributed by atoms with van der Waals surface area (Å²) in [6.07, 6.45) is 5.17. The number of ether oxygens (including phenoxy) is 2. The molecule has 0 unspecified atom stereocenters. The smallest absolute Gasteiger partial charge is 0.410 e. The second-order valence-electron chi connectivity index (χ2n) is 11.1. The molecule has 11 heteroatoms. The monoisotopic (exact) mass is 530 g/mol. The average molecular weight is 531 g/mol. The number of likely N-dealkylation sites (tertiary alicyclic amines) is 1. The highest BCUT2D eigenvalue weighted by Gasteiger charge is 2.34. The molecule has 39 heavy (non-hydrogen) atoms. The molecule has 4 aromatic heterocycles. The molecule has 0 saturated carbocycles. The fourth-order valence-electron chi connectivity index (χ4n) is 4.21. The van der Waals surface area contributed by atoms with Gasteiger partial charge in [0, 0.05) is 30.6 Å². The van der Waals surface area contributed by atoms with E-state index in [0.717, 1.165) is 33.4 Å². The molecule has 4 aromatic rings. The lowest BCUT2D eigenvalue weighted by Crippen LogP contribution is -2.55. The third-order valence-corrected chi connectivity index (χ3v) is 6.31. The van der Waals surface area contributed by atoms with Gasteiger partial charge in [-0.3, -0.25) is 9.67 Å². The van der Waals surface area contributed by atoms with Crippen LogP contribution >= 0.6 is 0 Å². The van der Waals surface area contributed by atoms with Gasteiger partial charge in [0.25, 0.3) is 0 Å². The Morgan fingerprint density at radius 1 is 1.13 bits per heavy atom. The minimum atomic E-state index is -0.515. The molecule has 0 radical (unpaired) electrons. The zero-order valence-corrected chi connectivity index (χ0v) is 23.2. The molecule has 1 aliphatic heterocycles. The first-order valence-electron chi connectivity index (χ1n) is 13.0. The Kier molecular flexibility index (Phi) is 7.17. The molecule has 5 heterocycles. The van der Waals surface area contributed by atoms with Gasteiger partial charge in [-0.05, 0) is 56.5 Å². The fourth-order valence-corrected chi connectivity index (χ4v) is 4.21. The number of amides is 1. The highest BCUT2D eigenvalue weighted by Crippen LogP contribution is 2.28. The van der Waals surface area contributed by atoms with Gasteiger partial charge in [0.05, 0.1) is 48.7 Å². The van der Waals surface area contributed by atoms with Crippen molar-refractivity contribution in [3.05, 3.63) is 54.1 Å². The zero-order chi connectivity index (χ0) is 27.7.